The summed E-state index contributed by atoms with van der Waals surface area (Å²) < 4.78 is 24.3. The molecule has 0 unspecified atom stereocenters. The molecule has 0 radical (unpaired) electrons. The molecule has 18 heavy (non-hydrogen) atoms. The van der Waals surface area contributed by atoms with Gasteiger partial charge >= 0.3 is 0 Å². The van der Waals surface area contributed by atoms with E-state index in [-0.39, 0.29) is 18.2 Å². The summed E-state index contributed by atoms with van der Waals surface area (Å²) in [5, 5.41) is 0. The molecule has 1 heterocycles. The van der Waals surface area contributed by atoms with Gasteiger partial charge in [-0.15, -0.1) is 0 Å². The predicted molar refractivity (Wildman–Crippen MR) is 66.8 cm³/mol. The van der Waals surface area contributed by atoms with E-state index in [0.29, 0.717) is 12.3 Å². The van der Waals surface area contributed by atoms with Gasteiger partial charge in [-0.3, -0.25) is 0 Å². The van der Waals surface area contributed by atoms with E-state index >= 15 is 0 Å². The maximum atomic E-state index is 13.4. The lowest BCUT2D eigenvalue weighted by Gasteiger charge is -2.06. The average Bonchev–Trinajstić information content (AvgIpc) is 2.71. The molecule has 0 amide bonds. The van der Waals surface area contributed by atoms with Gasteiger partial charge in [0, 0.05) is 12.1 Å². The first-order valence-corrected chi connectivity index (χ1v) is 5.77. The second kappa shape index (κ2) is 5.23. The van der Waals surface area contributed by atoms with Crippen molar-refractivity contribution in [3.8, 4) is 5.75 Å². The molecule has 0 saturated heterocycles. The maximum Gasteiger partial charge on any atom is 0.165 e. The molecule has 0 aliphatic carbocycles. The van der Waals surface area contributed by atoms with Gasteiger partial charge in [-0.05, 0) is 37.6 Å². The molecule has 0 aliphatic heterocycles. The first kappa shape index (κ1) is 12.6. The zero-order valence-corrected chi connectivity index (χ0v) is 10.5. The Morgan fingerprint density at radius 3 is 2.72 bits per heavy atom. The van der Waals surface area contributed by atoms with Gasteiger partial charge in [-0.25, -0.2) is 4.39 Å². The lowest BCUT2D eigenvalue weighted by Crippen LogP contribution is -1.97. The van der Waals surface area contributed by atoms with Crippen LogP contribution in [-0.2, 0) is 13.2 Å². The van der Waals surface area contributed by atoms with E-state index in [1.165, 1.54) is 6.07 Å². The number of halogens is 1. The summed E-state index contributed by atoms with van der Waals surface area (Å²) in [5.41, 5.74) is 7.45. The topological polar surface area (TPSA) is 48.4 Å². The van der Waals surface area contributed by atoms with E-state index in [4.69, 9.17) is 14.9 Å². The highest BCUT2D eigenvalue weighted by molar-refractivity contribution is 5.29. The molecule has 2 aromatic rings. The summed E-state index contributed by atoms with van der Waals surface area (Å²) in [7, 11) is 0. The smallest absolute Gasteiger partial charge is 0.165 e. The van der Waals surface area contributed by atoms with E-state index < -0.39 is 0 Å². The van der Waals surface area contributed by atoms with E-state index in [9.17, 15) is 4.39 Å². The predicted octanol–water partition coefficient (Wildman–Crippen LogP) is 3.07. The Labute approximate surface area is 105 Å². The zero-order valence-electron chi connectivity index (χ0n) is 10.5. The molecule has 0 bridgehead atoms. The molecule has 0 spiro atoms. The monoisotopic (exact) mass is 249 g/mol. The van der Waals surface area contributed by atoms with Gasteiger partial charge < -0.3 is 14.9 Å². The summed E-state index contributed by atoms with van der Waals surface area (Å²) >= 11 is 0. The number of aryl methyl sites for hydroxylation is 2. The minimum atomic E-state index is -0.372. The van der Waals surface area contributed by atoms with Crippen molar-refractivity contribution >= 4 is 0 Å². The van der Waals surface area contributed by atoms with Crippen molar-refractivity contribution in [3.05, 3.63) is 52.7 Å². The van der Waals surface area contributed by atoms with Crippen LogP contribution in [-0.4, -0.2) is 0 Å². The Kier molecular flexibility index (Phi) is 3.67. The molecule has 0 fully saturated rings. The van der Waals surface area contributed by atoms with Crippen LogP contribution in [0.5, 0.6) is 5.75 Å². The summed E-state index contributed by atoms with van der Waals surface area (Å²) in [4.78, 5) is 0. The summed E-state index contributed by atoms with van der Waals surface area (Å²) in [6.45, 7) is 4.35. The Morgan fingerprint density at radius 1 is 1.28 bits per heavy atom. The number of hydrogen-bond donors (Lipinski definition) is 1. The molecule has 0 aliphatic rings. The standard InChI is InChI=1S/C14H16FNO2/c1-9-3-4-13(15)14(5-9)17-8-12-6-11(7-16)10(2)18-12/h3-6H,7-8,16H2,1-2H3. The number of hydrogen-bond acceptors (Lipinski definition) is 3. The highest BCUT2D eigenvalue weighted by atomic mass is 19.1. The SMILES string of the molecule is Cc1ccc(F)c(OCc2cc(CN)c(C)o2)c1. The minimum Gasteiger partial charge on any atom is -0.483 e. The molecule has 2 N–H and O–H groups in total. The lowest BCUT2D eigenvalue weighted by molar-refractivity contribution is 0.256. The van der Waals surface area contributed by atoms with Gasteiger partial charge in [0.1, 0.15) is 18.1 Å². The van der Waals surface area contributed by atoms with Crippen LogP contribution in [0.1, 0.15) is 22.6 Å². The van der Waals surface area contributed by atoms with Gasteiger partial charge in [0.2, 0.25) is 0 Å². The van der Waals surface area contributed by atoms with Gasteiger partial charge in [-0.1, -0.05) is 6.07 Å². The molecule has 0 atom stereocenters. The minimum absolute atomic E-state index is 0.196. The van der Waals surface area contributed by atoms with Crippen LogP contribution in [0.4, 0.5) is 4.39 Å². The normalized spacial score (nSPS) is 10.7. The number of rotatable bonds is 4. The van der Waals surface area contributed by atoms with E-state index in [1.807, 2.05) is 19.9 Å². The van der Waals surface area contributed by atoms with Crippen LogP contribution in [0.3, 0.4) is 0 Å². The van der Waals surface area contributed by atoms with Crippen molar-refractivity contribution in [2.45, 2.75) is 27.0 Å². The van der Waals surface area contributed by atoms with Crippen molar-refractivity contribution in [3.63, 3.8) is 0 Å². The second-order valence-electron chi connectivity index (χ2n) is 4.22. The number of furan rings is 1. The highest BCUT2D eigenvalue weighted by Crippen LogP contribution is 2.21. The fraction of sp³-hybridized carbons (Fsp3) is 0.286. The fourth-order valence-corrected chi connectivity index (χ4v) is 1.73. The van der Waals surface area contributed by atoms with Crippen LogP contribution in [0.15, 0.2) is 28.7 Å². The second-order valence-corrected chi connectivity index (χ2v) is 4.22. The van der Waals surface area contributed by atoms with Gasteiger partial charge in [0.05, 0.1) is 0 Å². The van der Waals surface area contributed by atoms with Crippen LogP contribution < -0.4 is 10.5 Å². The molecular weight excluding hydrogens is 233 g/mol. The number of nitrogens with two attached hydrogens (primary N) is 1. The Balaban J connectivity index is 2.08. The molecule has 0 saturated carbocycles. The van der Waals surface area contributed by atoms with Crippen LogP contribution in [0, 0.1) is 19.7 Å². The third-order valence-electron chi connectivity index (χ3n) is 2.75. The molecule has 3 nitrogen and oxygen atoms in total. The quantitative estimate of drug-likeness (QED) is 0.905. The van der Waals surface area contributed by atoms with Crippen LogP contribution in [0.2, 0.25) is 0 Å². The third kappa shape index (κ3) is 2.71. The number of benzene rings is 1. The summed E-state index contributed by atoms with van der Waals surface area (Å²) in [5.74, 6) is 1.29. The number of ether oxygens (including phenoxy) is 1. The molecule has 1 aromatic carbocycles. The molecule has 2 rings (SSSR count). The largest absolute Gasteiger partial charge is 0.483 e. The molecule has 1 aromatic heterocycles. The summed E-state index contributed by atoms with van der Waals surface area (Å²) in [6.07, 6.45) is 0. The first-order chi connectivity index (χ1) is 8.60. The molecular formula is C14H16FNO2. The van der Waals surface area contributed by atoms with Crippen molar-refractivity contribution in [2.75, 3.05) is 0 Å². The van der Waals surface area contributed by atoms with E-state index in [2.05, 4.69) is 0 Å². The highest BCUT2D eigenvalue weighted by Gasteiger charge is 2.08. The van der Waals surface area contributed by atoms with Crippen molar-refractivity contribution in [2.24, 2.45) is 5.73 Å². The lowest BCUT2D eigenvalue weighted by atomic mass is 10.2. The van der Waals surface area contributed by atoms with Crippen molar-refractivity contribution in [1.82, 2.24) is 0 Å². The summed E-state index contributed by atoms with van der Waals surface area (Å²) in [6, 6.07) is 6.59. The Bertz CT molecular complexity index is 549. The van der Waals surface area contributed by atoms with Crippen molar-refractivity contribution < 1.29 is 13.5 Å². The van der Waals surface area contributed by atoms with Crippen LogP contribution >= 0.6 is 0 Å². The average molecular weight is 249 g/mol. The van der Waals surface area contributed by atoms with Crippen LogP contribution in [0.25, 0.3) is 0 Å². The molecule has 4 heteroatoms. The van der Waals surface area contributed by atoms with E-state index in [1.54, 1.807) is 12.1 Å². The molecule has 96 valence electrons. The Morgan fingerprint density at radius 2 is 2.06 bits per heavy atom. The van der Waals surface area contributed by atoms with Gasteiger partial charge in [0.15, 0.2) is 11.6 Å². The Hall–Kier alpha value is -1.81. The van der Waals surface area contributed by atoms with Gasteiger partial charge in [-0.2, -0.15) is 0 Å². The maximum absolute atomic E-state index is 13.4. The van der Waals surface area contributed by atoms with E-state index in [0.717, 1.165) is 16.9 Å². The van der Waals surface area contributed by atoms with Gasteiger partial charge in [0.25, 0.3) is 0 Å². The third-order valence-corrected chi connectivity index (χ3v) is 2.75. The zero-order chi connectivity index (χ0) is 13.1. The first-order valence-electron chi connectivity index (χ1n) is 5.77. The fourth-order valence-electron chi connectivity index (χ4n) is 1.73. The van der Waals surface area contributed by atoms with Crippen molar-refractivity contribution in [1.29, 1.82) is 0 Å².